The van der Waals surface area contributed by atoms with Crippen molar-refractivity contribution < 1.29 is 0 Å². The predicted octanol–water partition coefficient (Wildman–Crippen LogP) is 4.59. The second kappa shape index (κ2) is 6.04. The summed E-state index contributed by atoms with van der Waals surface area (Å²) in [6, 6.07) is 6.16. The third-order valence-electron chi connectivity index (χ3n) is 2.67. The van der Waals surface area contributed by atoms with Crippen molar-refractivity contribution in [3.63, 3.8) is 0 Å². The van der Waals surface area contributed by atoms with E-state index >= 15 is 0 Å². The fraction of sp³-hybridized carbons (Fsp3) is 0.308. The van der Waals surface area contributed by atoms with Gasteiger partial charge < -0.3 is 4.90 Å². The van der Waals surface area contributed by atoms with Gasteiger partial charge in [-0.2, -0.15) is 0 Å². The number of nitrogens with zero attached hydrogens (tertiary/aromatic N) is 2. The van der Waals surface area contributed by atoms with Crippen LogP contribution in [0, 0.1) is 6.92 Å². The SMILES string of the molecule is Cc1nc(CN(C)c2cc(Br)ccc2CCl)cs1. The van der Waals surface area contributed by atoms with Crippen LogP contribution >= 0.6 is 38.9 Å². The molecule has 0 atom stereocenters. The zero-order chi connectivity index (χ0) is 13.1. The number of benzene rings is 1. The molecule has 1 aromatic carbocycles. The maximum Gasteiger partial charge on any atom is 0.0898 e. The molecule has 0 bridgehead atoms. The highest BCUT2D eigenvalue weighted by atomic mass is 79.9. The first-order valence-electron chi connectivity index (χ1n) is 5.56. The molecular weight excluding hydrogens is 332 g/mol. The average molecular weight is 346 g/mol. The Bertz CT molecular complexity index is 542. The van der Waals surface area contributed by atoms with Crippen molar-refractivity contribution in [2.24, 2.45) is 0 Å². The van der Waals surface area contributed by atoms with Crippen molar-refractivity contribution in [1.29, 1.82) is 0 Å². The number of thiazole rings is 1. The van der Waals surface area contributed by atoms with E-state index in [1.807, 2.05) is 13.0 Å². The van der Waals surface area contributed by atoms with Crippen LogP contribution in [0.4, 0.5) is 5.69 Å². The van der Waals surface area contributed by atoms with Crippen molar-refractivity contribution in [3.05, 3.63) is 44.3 Å². The Balaban J connectivity index is 2.22. The van der Waals surface area contributed by atoms with Crippen LogP contribution in [0.2, 0.25) is 0 Å². The largest absolute Gasteiger partial charge is 0.368 e. The molecule has 0 aliphatic rings. The van der Waals surface area contributed by atoms with Gasteiger partial charge in [0.05, 0.1) is 17.2 Å². The van der Waals surface area contributed by atoms with Crippen molar-refractivity contribution in [2.75, 3.05) is 11.9 Å². The Morgan fingerprint density at radius 3 is 2.83 bits per heavy atom. The fourth-order valence-electron chi connectivity index (χ4n) is 1.81. The smallest absolute Gasteiger partial charge is 0.0898 e. The lowest BCUT2D eigenvalue weighted by Crippen LogP contribution is -2.18. The Kier molecular flexibility index (Phi) is 4.65. The Hall–Kier alpha value is -0.580. The molecule has 0 radical (unpaired) electrons. The topological polar surface area (TPSA) is 16.1 Å². The summed E-state index contributed by atoms with van der Waals surface area (Å²) in [7, 11) is 2.06. The first kappa shape index (κ1) is 13.8. The van der Waals surface area contributed by atoms with Crippen molar-refractivity contribution in [3.8, 4) is 0 Å². The second-order valence-corrected chi connectivity index (χ2v) is 6.37. The first-order valence-corrected chi connectivity index (χ1v) is 7.77. The lowest BCUT2D eigenvalue weighted by molar-refractivity contribution is 0.884. The summed E-state index contributed by atoms with van der Waals surface area (Å²) in [5, 5.41) is 3.20. The third-order valence-corrected chi connectivity index (χ3v) is 4.27. The molecule has 0 unspecified atom stereocenters. The Morgan fingerprint density at radius 1 is 1.44 bits per heavy atom. The quantitative estimate of drug-likeness (QED) is 0.753. The fourth-order valence-corrected chi connectivity index (χ4v) is 2.99. The van der Waals surface area contributed by atoms with Crippen LogP contribution in [0.3, 0.4) is 0 Å². The lowest BCUT2D eigenvalue weighted by atomic mass is 10.2. The monoisotopic (exact) mass is 344 g/mol. The zero-order valence-electron chi connectivity index (χ0n) is 10.3. The molecule has 0 saturated carbocycles. The van der Waals surface area contributed by atoms with E-state index < -0.39 is 0 Å². The standard InChI is InChI=1S/C13H14BrClN2S/c1-9-16-12(8-18-9)7-17(2)13-5-11(14)4-3-10(13)6-15/h3-5,8H,6-7H2,1-2H3. The van der Waals surface area contributed by atoms with Gasteiger partial charge >= 0.3 is 0 Å². The Labute approximate surface area is 125 Å². The Morgan fingerprint density at radius 2 is 2.22 bits per heavy atom. The van der Waals surface area contributed by atoms with Gasteiger partial charge in [-0.15, -0.1) is 22.9 Å². The lowest BCUT2D eigenvalue weighted by Gasteiger charge is -2.21. The molecule has 0 aliphatic carbocycles. The molecule has 0 saturated heterocycles. The normalized spacial score (nSPS) is 10.7. The molecule has 1 aromatic heterocycles. The van der Waals surface area contributed by atoms with Crippen LogP contribution < -0.4 is 4.90 Å². The van der Waals surface area contributed by atoms with E-state index in [2.05, 4.69) is 50.4 Å². The minimum absolute atomic E-state index is 0.517. The molecule has 0 spiro atoms. The van der Waals surface area contributed by atoms with Gasteiger partial charge in [-0.05, 0) is 24.6 Å². The summed E-state index contributed by atoms with van der Waals surface area (Å²) in [6.07, 6.45) is 0. The number of alkyl halides is 1. The number of hydrogen-bond acceptors (Lipinski definition) is 3. The van der Waals surface area contributed by atoms with Gasteiger partial charge in [0, 0.05) is 28.5 Å². The maximum atomic E-state index is 5.98. The summed E-state index contributed by atoms with van der Waals surface area (Å²) < 4.78 is 1.06. The zero-order valence-corrected chi connectivity index (χ0v) is 13.4. The number of hydrogen-bond donors (Lipinski definition) is 0. The van der Waals surface area contributed by atoms with Gasteiger partial charge in [0.25, 0.3) is 0 Å². The van der Waals surface area contributed by atoms with Crippen molar-refractivity contribution >= 4 is 44.6 Å². The molecule has 0 aliphatic heterocycles. The molecule has 18 heavy (non-hydrogen) atoms. The summed E-state index contributed by atoms with van der Waals surface area (Å²) >= 11 is 11.2. The van der Waals surface area contributed by atoms with Crippen LogP contribution in [-0.4, -0.2) is 12.0 Å². The van der Waals surface area contributed by atoms with Gasteiger partial charge in [-0.25, -0.2) is 4.98 Å². The van der Waals surface area contributed by atoms with Gasteiger partial charge in [0.1, 0.15) is 0 Å². The number of halogens is 2. The third kappa shape index (κ3) is 3.25. The highest BCUT2D eigenvalue weighted by Gasteiger charge is 2.09. The highest BCUT2D eigenvalue weighted by molar-refractivity contribution is 9.10. The number of aryl methyl sites for hydroxylation is 1. The second-order valence-electron chi connectivity index (χ2n) is 4.12. The van der Waals surface area contributed by atoms with Gasteiger partial charge in [0.15, 0.2) is 0 Å². The number of anilines is 1. The predicted molar refractivity (Wildman–Crippen MR) is 82.7 cm³/mol. The summed E-state index contributed by atoms with van der Waals surface area (Å²) in [6.45, 7) is 2.82. The molecular formula is C13H14BrClN2S. The summed E-state index contributed by atoms with van der Waals surface area (Å²) in [5.41, 5.74) is 3.37. The molecule has 0 fully saturated rings. The summed E-state index contributed by atoms with van der Waals surface area (Å²) in [4.78, 5) is 6.66. The van der Waals surface area contributed by atoms with E-state index in [9.17, 15) is 0 Å². The minimum Gasteiger partial charge on any atom is -0.368 e. The van der Waals surface area contributed by atoms with Crippen LogP contribution in [-0.2, 0) is 12.4 Å². The van der Waals surface area contributed by atoms with Crippen molar-refractivity contribution in [1.82, 2.24) is 4.98 Å². The van der Waals surface area contributed by atoms with Gasteiger partial charge in [-0.1, -0.05) is 22.0 Å². The van der Waals surface area contributed by atoms with E-state index in [1.54, 1.807) is 11.3 Å². The molecule has 5 heteroatoms. The molecule has 0 amide bonds. The molecule has 0 N–H and O–H groups in total. The maximum absolute atomic E-state index is 5.98. The number of rotatable bonds is 4. The molecule has 2 rings (SSSR count). The van der Waals surface area contributed by atoms with Gasteiger partial charge in [-0.3, -0.25) is 0 Å². The number of aromatic nitrogens is 1. The van der Waals surface area contributed by atoms with Crippen LogP contribution in [0.5, 0.6) is 0 Å². The summed E-state index contributed by atoms with van der Waals surface area (Å²) in [5.74, 6) is 0.517. The van der Waals surface area contributed by atoms with Gasteiger partial charge in [0.2, 0.25) is 0 Å². The highest BCUT2D eigenvalue weighted by Crippen LogP contribution is 2.27. The van der Waals surface area contributed by atoms with Crippen LogP contribution in [0.1, 0.15) is 16.3 Å². The average Bonchev–Trinajstić information content (AvgIpc) is 2.74. The minimum atomic E-state index is 0.517. The molecule has 1 heterocycles. The molecule has 2 aromatic rings. The van der Waals surface area contributed by atoms with E-state index in [0.29, 0.717) is 5.88 Å². The van der Waals surface area contributed by atoms with E-state index in [-0.39, 0.29) is 0 Å². The molecule has 2 nitrogen and oxygen atoms in total. The van der Waals surface area contributed by atoms with E-state index in [0.717, 1.165) is 33.0 Å². The van der Waals surface area contributed by atoms with Crippen molar-refractivity contribution in [2.45, 2.75) is 19.3 Å². The van der Waals surface area contributed by atoms with Crippen LogP contribution in [0.25, 0.3) is 0 Å². The van der Waals surface area contributed by atoms with Crippen LogP contribution in [0.15, 0.2) is 28.1 Å². The van der Waals surface area contributed by atoms with E-state index in [1.165, 1.54) is 0 Å². The van der Waals surface area contributed by atoms with E-state index in [4.69, 9.17) is 11.6 Å². The molecule has 96 valence electrons. The first-order chi connectivity index (χ1) is 8.60.